The van der Waals surface area contributed by atoms with Gasteiger partial charge in [-0.25, -0.2) is 8.42 Å². The molecule has 3 rings (SSSR count). The van der Waals surface area contributed by atoms with Gasteiger partial charge >= 0.3 is 0 Å². The summed E-state index contributed by atoms with van der Waals surface area (Å²) in [6.07, 6.45) is 1.61. The molecule has 0 bridgehead atoms. The molecule has 154 valence electrons. The minimum Gasteiger partial charge on any atom is -0.352 e. The lowest BCUT2D eigenvalue weighted by atomic mass is 9.99. The van der Waals surface area contributed by atoms with E-state index in [1.165, 1.54) is 23.4 Å². The van der Waals surface area contributed by atoms with Crippen molar-refractivity contribution in [3.8, 4) is 0 Å². The summed E-state index contributed by atoms with van der Waals surface area (Å²) >= 11 is 0. The van der Waals surface area contributed by atoms with E-state index in [1.54, 1.807) is 36.4 Å². The zero-order valence-electron chi connectivity index (χ0n) is 16.3. The van der Waals surface area contributed by atoms with E-state index in [-0.39, 0.29) is 22.6 Å². The van der Waals surface area contributed by atoms with Crippen LogP contribution in [0.25, 0.3) is 0 Å². The van der Waals surface area contributed by atoms with Crippen LogP contribution in [0, 0.1) is 5.92 Å². The largest absolute Gasteiger partial charge is 0.352 e. The molecule has 8 heteroatoms. The van der Waals surface area contributed by atoms with Crippen LogP contribution in [0.4, 0.5) is 5.69 Å². The Labute approximate surface area is 171 Å². The second-order valence-electron chi connectivity index (χ2n) is 7.15. The number of anilines is 1. The SMILES string of the molecule is CC(=O)Nc1ccc(S(=O)(=O)N2CCC[C@H](CNC(=O)c3ccccc3)C2)cc1. The summed E-state index contributed by atoms with van der Waals surface area (Å²) in [5, 5.41) is 5.53. The Balaban J connectivity index is 1.61. The third-order valence-corrected chi connectivity index (χ3v) is 6.76. The Bertz CT molecular complexity index is 959. The van der Waals surface area contributed by atoms with Gasteiger partial charge in [-0.05, 0) is 55.2 Å². The first-order chi connectivity index (χ1) is 13.9. The van der Waals surface area contributed by atoms with Gasteiger partial charge in [-0.2, -0.15) is 4.31 Å². The average molecular weight is 416 g/mol. The molecule has 0 aliphatic carbocycles. The van der Waals surface area contributed by atoms with Crippen molar-refractivity contribution >= 4 is 27.5 Å². The molecule has 1 fully saturated rings. The van der Waals surface area contributed by atoms with Crippen LogP contribution in [0.15, 0.2) is 59.5 Å². The number of nitrogens with one attached hydrogen (secondary N) is 2. The average Bonchev–Trinajstić information content (AvgIpc) is 2.73. The lowest BCUT2D eigenvalue weighted by Gasteiger charge is -2.32. The molecular weight excluding hydrogens is 390 g/mol. The highest BCUT2D eigenvalue weighted by Crippen LogP contribution is 2.24. The Hall–Kier alpha value is -2.71. The van der Waals surface area contributed by atoms with Crippen LogP contribution in [0.1, 0.15) is 30.1 Å². The standard InChI is InChI=1S/C21H25N3O4S/c1-16(25)23-19-9-11-20(12-10-19)29(27,28)24-13-5-6-17(15-24)14-22-21(26)18-7-3-2-4-8-18/h2-4,7-12,17H,5-6,13-15H2,1H3,(H,22,26)(H,23,25)/t17-/m1/s1. The normalized spacial score (nSPS) is 17.5. The quantitative estimate of drug-likeness (QED) is 0.758. The van der Waals surface area contributed by atoms with Gasteiger partial charge in [-0.1, -0.05) is 18.2 Å². The first kappa shape index (κ1) is 21.0. The molecule has 1 heterocycles. The fourth-order valence-electron chi connectivity index (χ4n) is 3.40. The summed E-state index contributed by atoms with van der Waals surface area (Å²) in [4.78, 5) is 23.5. The Morgan fingerprint density at radius 1 is 1.07 bits per heavy atom. The molecule has 0 radical (unpaired) electrons. The van der Waals surface area contributed by atoms with Crippen LogP contribution in [0.3, 0.4) is 0 Å². The van der Waals surface area contributed by atoms with E-state index in [9.17, 15) is 18.0 Å². The van der Waals surface area contributed by atoms with Crippen molar-refractivity contribution < 1.29 is 18.0 Å². The molecular formula is C21H25N3O4S. The predicted molar refractivity (Wildman–Crippen MR) is 111 cm³/mol. The summed E-state index contributed by atoms with van der Waals surface area (Å²) in [7, 11) is -3.62. The van der Waals surface area contributed by atoms with E-state index in [2.05, 4.69) is 10.6 Å². The highest BCUT2D eigenvalue weighted by atomic mass is 32.2. The van der Waals surface area contributed by atoms with Gasteiger partial charge < -0.3 is 10.6 Å². The molecule has 2 aromatic rings. The molecule has 2 amide bonds. The maximum absolute atomic E-state index is 13.0. The van der Waals surface area contributed by atoms with E-state index in [0.717, 1.165) is 12.8 Å². The summed E-state index contributed by atoms with van der Waals surface area (Å²) in [5.41, 5.74) is 1.14. The number of sulfonamides is 1. The highest BCUT2D eigenvalue weighted by molar-refractivity contribution is 7.89. The molecule has 7 nitrogen and oxygen atoms in total. The summed E-state index contributed by atoms with van der Waals surface area (Å²) in [6, 6.07) is 15.1. The third-order valence-electron chi connectivity index (χ3n) is 4.88. The molecule has 0 saturated carbocycles. The minimum absolute atomic E-state index is 0.0600. The summed E-state index contributed by atoms with van der Waals surface area (Å²) in [5.74, 6) is -0.305. The molecule has 0 aromatic heterocycles. The molecule has 0 unspecified atom stereocenters. The van der Waals surface area contributed by atoms with Gasteiger partial charge in [0, 0.05) is 37.8 Å². The van der Waals surface area contributed by atoms with Crippen molar-refractivity contribution in [1.82, 2.24) is 9.62 Å². The van der Waals surface area contributed by atoms with Gasteiger partial charge in [0.05, 0.1) is 4.90 Å². The number of rotatable bonds is 6. The number of carbonyl (C=O) groups excluding carboxylic acids is 2. The summed E-state index contributed by atoms with van der Waals surface area (Å²) < 4.78 is 27.4. The number of benzene rings is 2. The predicted octanol–water partition coefficient (Wildman–Crippen LogP) is 2.48. The number of piperidine rings is 1. The Kier molecular flexibility index (Phi) is 6.66. The monoisotopic (exact) mass is 415 g/mol. The fourth-order valence-corrected chi connectivity index (χ4v) is 4.96. The fraction of sp³-hybridized carbons (Fsp3) is 0.333. The number of carbonyl (C=O) groups is 2. The van der Waals surface area contributed by atoms with Crippen LogP contribution in [-0.2, 0) is 14.8 Å². The van der Waals surface area contributed by atoms with E-state index in [0.29, 0.717) is 30.9 Å². The van der Waals surface area contributed by atoms with Crippen molar-refractivity contribution in [3.05, 3.63) is 60.2 Å². The molecule has 29 heavy (non-hydrogen) atoms. The van der Waals surface area contributed by atoms with Gasteiger partial charge in [-0.3, -0.25) is 9.59 Å². The first-order valence-electron chi connectivity index (χ1n) is 9.57. The van der Waals surface area contributed by atoms with Crippen molar-refractivity contribution in [2.75, 3.05) is 25.0 Å². The van der Waals surface area contributed by atoms with Crippen molar-refractivity contribution in [3.63, 3.8) is 0 Å². The van der Waals surface area contributed by atoms with Gasteiger partial charge in [0.25, 0.3) is 5.91 Å². The van der Waals surface area contributed by atoms with Gasteiger partial charge in [0.2, 0.25) is 15.9 Å². The lowest BCUT2D eigenvalue weighted by molar-refractivity contribution is -0.114. The topological polar surface area (TPSA) is 95.6 Å². The van der Waals surface area contributed by atoms with Crippen molar-refractivity contribution in [1.29, 1.82) is 0 Å². The van der Waals surface area contributed by atoms with E-state index in [4.69, 9.17) is 0 Å². The van der Waals surface area contributed by atoms with E-state index < -0.39 is 10.0 Å². The highest BCUT2D eigenvalue weighted by Gasteiger charge is 2.30. The maximum atomic E-state index is 13.0. The zero-order valence-corrected chi connectivity index (χ0v) is 17.1. The van der Waals surface area contributed by atoms with Crippen LogP contribution in [0.2, 0.25) is 0 Å². The van der Waals surface area contributed by atoms with Gasteiger partial charge in [-0.15, -0.1) is 0 Å². The number of hydrogen-bond acceptors (Lipinski definition) is 4. The van der Waals surface area contributed by atoms with Gasteiger partial charge in [0.15, 0.2) is 0 Å². The number of nitrogens with zero attached hydrogens (tertiary/aromatic N) is 1. The van der Waals surface area contributed by atoms with E-state index in [1.807, 2.05) is 6.07 Å². The number of hydrogen-bond donors (Lipinski definition) is 2. The number of amides is 2. The molecule has 1 atom stereocenters. The minimum atomic E-state index is -3.62. The molecule has 1 aliphatic heterocycles. The molecule has 2 aromatic carbocycles. The van der Waals surface area contributed by atoms with Crippen LogP contribution < -0.4 is 10.6 Å². The van der Waals surface area contributed by atoms with Crippen LogP contribution >= 0.6 is 0 Å². The molecule has 2 N–H and O–H groups in total. The zero-order chi connectivity index (χ0) is 20.9. The first-order valence-corrected chi connectivity index (χ1v) is 11.0. The smallest absolute Gasteiger partial charge is 0.251 e. The lowest BCUT2D eigenvalue weighted by Crippen LogP contribution is -2.43. The second kappa shape index (κ2) is 9.19. The van der Waals surface area contributed by atoms with Crippen molar-refractivity contribution in [2.24, 2.45) is 5.92 Å². The molecule has 0 spiro atoms. The third kappa shape index (κ3) is 5.42. The summed E-state index contributed by atoms with van der Waals surface area (Å²) in [6.45, 7) is 2.65. The van der Waals surface area contributed by atoms with E-state index >= 15 is 0 Å². The Morgan fingerprint density at radius 3 is 2.41 bits per heavy atom. The molecule has 1 aliphatic rings. The van der Waals surface area contributed by atoms with Crippen molar-refractivity contribution in [2.45, 2.75) is 24.7 Å². The maximum Gasteiger partial charge on any atom is 0.251 e. The molecule has 1 saturated heterocycles. The van der Waals surface area contributed by atoms with Crippen LogP contribution in [-0.4, -0.2) is 44.2 Å². The second-order valence-corrected chi connectivity index (χ2v) is 9.09. The Morgan fingerprint density at radius 2 is 1.76 bits per heavy atom. The van der Waals surface area contributed by atoms with Crippen LogP contribution in [0.5, 0.6) is 0 Å². The van der Waals surface area contributed by atoms with Gasteiger partial charge in [0.1, 0.15) is 0 Å².